The van der Waals surface area contributed by atoms with Gasteiger partial charge in [-0.2, -0.15) is 15.0 Å². The minimum atomic E-state index is -0.170. The maximum atomic E-state index is 6.05. The SMILES string of the molecule is CN(C)c1nc(N)nc(CSc2nnc(C(C)(C)C)n2N)n1. The Hall–Kier alpha value is -2.10. The number of hydrogen-bond acceptors (Lipinski definition) is 9. The van der Waals surface area contributed by atoms with E-state index in [1.165, 1.54) is 16.4 Å². The molecule has 0 aromatic carbocycles. The molecule has 0 aliphatic rings. The van der Waals surface area contributed by atoms with E-state index in [0.29, 0.717) is 22.7 Å². The summed E-state index contributed by atoms with van der Waals surface area (Å²) in [6.45, 7) is 6.10. The summed E-state index contributed by atoms with van der Waals surface area (Å²) in [5.41, 5.74) is 5.53. The maximum absolute atomic E-state index is 6.05. The number of aromatic nitrogens is 6. The first-order chi connectivity index (χ1) is 10.2. The van der Waals surface area contributed by atoms with E-state index < -0.39 is 0 Å². The highest BCUT2D eigenvalue weighted by Crippen LogP contribution is 2.24. The lowest BCUT2D eigenvalue weighted by molar-refractivity contribution is 0.523. The molecule has 2 aromatic heterocycles. The normalized spacial score (nSPS) is 11.7. The lowest BCUT2D eigenvalue weighted by atomic mass is 9.96. The van der Waals surface area contributed by atoms with Crippen LogP contribution in [0.15, 0.2) is 5.16 Å². The van der Waals surface area contributed by atoms with Crippen LogP contribution in [0.4, 0.5) is 11.9 Å². The van der Waals surface area contributed by atoms with Gasteiger partial charge in [0.05, 0.1) is 5.75 Å². The number of hydrogen-bond donors (Lipinski definition) is 2. The Labute approximate surface area is 133 Å². The molecule has 0 aliphatic heterocycles. The van der Waals surface area contributed by atoms with Crippen LogP contribution in [-0.2, 0) is 11.2 Å². The molecule has 4 N–H and O–H groups in total. The second kappa shape index (κ2) is 5.95. The topological polar surface area (TPSA) is 125 Å². The van der Waals surface area contributed by atoms with E-state index in [9.17, 15) is 0 Å². The van der Waals surface area contributed by atoms with Gasteiger partial charge in [0.25, 0.3) is 0 Å². The fraction of sp³-hybridized carbons (Fsp3) is 0.583. The first kappa shape index (κ1) is 16.3. The van der Waals surface area contributed by atoms with Crippen LogP contribution in [0.2, 0.25) is 0 Å². The molecule has 0 spiro atoms. The number of nitrogens with zero attached hydrogens (tertiary/aromatic N) is 7. The standard InChI is InChI=1S/C12H21N9S/c1-12(2,3)8-18-19-11(21(8)14)22-6-7-15-9(13)17-10(16-7)20(4)5/h6,14H2,1-5H3,(H2,13,15,16,17). The van der Waals surface area contributed by atoms with Crippen LogP contribution in [-0.4, -0.2) is 43.9 Å². The largest absolute Gasteiger partial charge is 0.368 e. The van der Waals surface area contributed by atoms with Crippen molar-refractivity contribution < 1.29 is 0 Å². The third kappa shape index (κ3) is 3.56. The van der Waals surface area contributed by atoms with Gasteiger partial charge in [0.2, 0.25) is 17.1 Å². The summed E-state index contributed by atoms with van der Waals surface area (Å²) in [7, 11) is 3.69. The van der Waals surface area contributed by atoms with Gasteiger partial charge in [0.1, 0.15) is 5.82 Å². The van der Waals surface area contributed by atoms with E-state index in [0.717, 1.165) is 5.82 Å². The van der Waals surface area contributed by atoms with Gasteiger partial charge in [0, 0.05) is 19.5 Å². The summed E-state index contributed by atoms with van der Waals surface area (Å²) in [6, 6.07) is 0. The van der Waals surface area contributed by atoms with Crippen molar-refractivity contribution in [3.05, 3.63) is 11.6 Å². The molecule has 0 atom stereocenters. The zero-order valence-corrected chi connectivity index (χ0v) is 14.2. The van der Waals surface area contributed by atoms with Crippen molar-refractivity contribution in [2.75, 3.05) is 30.6 Å². The maximum Gasteiger partial charge on any atom is 0.229 e. The fourth-order valence-electron chi connectivity index (χ4n) is 1.71. The number of anilines is 2. The van der Waals surface area contributed by atoms with Crippen molar-refractivity contribution in [2.45, 2.75) is 37.1 Å². The summed E-state index contributed by atoms with van der Waals surface area (Å²) in [5.74, 6) is 8.53. The highest BCUT2D eigenvalue weighted by molar-refractivity contribution is 7.98. The quantitative estimate of drug-likeness (QED) is 0.608. The van der Waals surface area contributed by atoms with Gasteiger partial charge >= 0.3 is 0 Å². The van der Waals surface area contributed by atoms with Crippen LogP contribution in [0, 0.1) is 0 Å². The van der Waals surface area contributed by atoms with Crippen molar-refractivity contribution in [3.63, 3.8) is 0 Å². The Bertz CT molecular complexity index is 659. The molecule has 0 unspecified atom stereocenters. The van der Waals surface area contributed by atoms with E-state index >= 15 is 0 Å². The summed E-state index contributed by atoms with van der Waals surface area (Å²) < 4.78 is 1.50. The zero-order valence-electron chi connectivity index (χ0n) is 13.4. The van der Waals surface area contributed by atoms with Crippen LogP contribution in [0.25, 0.3) is 0 Å². The first-order valence-corrected chi connectivity index (χ1v) is 7.68. The molecule has 9 nitrogen and oxygen atoms in total. The first-order valence-electron chi connectivity index (χ1n) is 6.70. The minimum Gasteiger partial charge on any atom is -0.368 e. The summed E-state index contributed by atoms with van der Waals surface area (Å²) in [5, 5.41) is 8.87. The van der Waals surface area contributed by atoms with Crippen molar-refractivity contribution >= 4 is 23.7 Å². The summed E-state index contributed by atoms with van der Waals surface area (Å²) in [6.07, 6.45) is 0. The zero-order chi connectivity index (χ0) is 16.5. The molecule has 2 aromatic rings. The lowest BCUT2D eigenvalue weighted by Gasteiger charge is -2.16. The van der Waals surface area contributed by atoms with E-state index in [1.54, 1.807) is 4.90 Å². The Morgan fingerprint density at radius 2 is 1.82 bits per heavy atom. The van der Waals surface area contributed by atoms with Gasteiger partial charge in [-0.3, -0.25) is 0 Å². The van der Waals surface area contributed by atoms with E-state index in [4.69, 9.17) is 11.6 Å². The van der Waals surface area contributed by atoms with E-state index in [2.05, 4.69) is 25.1 Å². The van der Waals surface area contributed by atoms with Crippen LogP contribution >= 0.6 is 11.8 Å². The monoisotopic (exact) mass is 323 g/mol. The molecule has 0 saturated heterocycles. The molecular formula is C12H21N9S. The molecule has 0 radical (unpaired) electrons. The van der Waals surface area contributed by atoms with Gasteiger partial charge in [0.15, 0.2) is 5.82 Å². The molecule has 22 heavy (non-hydrogen) atoms. The predicted octanol–water partition coefficient (Wildman–Crippen LogP) is 0.415. The molecule has 120 valence electrons. The molecule has 2 rings (SSSR count). The van der Waals surface area contributed by atoms with Crippen LogP contribution in [0.3, 0.4) is 0 Å². The molecule has 0 amide bonds. The van der Waals surface area contributed by atoms with Crippen molar-refractivity contribution in [1.29, 1.82) is 0 Å². The van der Waals surface area contributed by atoms with Crippen molar-refractivity contribution in [2.24, 2.45) is 0 Å². The Morgan fingerprint density at radius 3 is 2.36 bits per heavy atom. The van der Waals surface area contributed by atoms with Gasteiger partial charge in [-0.15, -0.1) is 10.2 Å². The molecule has 0 bridgehead atoms. The van der Waals surface area contributed by atoms with Crippen LogP contribution in [0.1, 0.15) is 32.4 Å². The molecule has 2 heterocycles. The van der Waals surface area contributed by atoms with Gasteiger partial charge in [-0.25, -0.2) is 4.68 Å². The number of nitrogen functional groups attached to an aromatic ring is 2. The summed E-state index contributed by atoms with van der Waals surface area (Å²) in [4.78, 5) is 14.3. The van der Waals surface area contributed by atoms with Gasteiger partial charge in [-0.1, -0.05) is 32.5 Å². The van der Waals surface area contributed by atoms with E-state index in [-0.39, 0.29) is 11.4 Å². The smallest absolute Gasteiger partial charge is 0.229 e. The second-order valence-corrected chi connectivity index (χ2v) is 6.96. The predicted molar refractivity (Wildman–Crippen MR) is 87.0 cm³/mol. The van der Waals surface area contributed by atoms with Crippen LogP contribution in [0.5, 0.6) is 0 Å². The highest BCUT2D eigenvalue weighted by Gasteiger charge is 2.23. The van der Waals surface area contributed by atoms with Crippen molar-refractivity contribution in [3.8, 4) is 0 Å². The second-order valence-electron chi connectivity index (χ2n) is 6.02. The average Bonchev–Trinajstić information content (AvgIpc) is 2.77. The molecule has 10 heteroatoms. The Balaban J connectivity index is 2.16. The number of rotatable bonds is 4. The lowest BCUT2D eigenvalue weighted by Crippen LogP contribution is -2.24. The molecule has 0 saturated carbocycles. The fourth-order valence-corrected chi connectivity index (χ4v) is 2.42. The third-order valence-corrected chi connectivity index (χ3v) is 3.69. The molecule has 0 aliphatic carbocycles. The molecule has 0 fully saturated rings. The highest BCUT2D eigenvalue weighted by atomic mass is 32.2. The minimum absolute atomic E-state index is 0.170. The number of thioether (sulfide) groups is 1. The molecular weight excluding hydrogens is 302 g/mol. The summed E-state index contributed by atoms with van der Waals surface area (Å²) >= 11 is 1.40. The van der Waals surface area contributed by atoms with Gasteiger partial charge < -0.3 is 16.5 Å². The van der Waals surface area contributed by atoms with Crippen molar-refractivity contribution in [1.82, 2.24) is 29.8 Å². The van der Waals surface area contributed by atoms with Gasteiger partial charge in [-0.05, 0) is 0 Å². The Kier molecular flexibility index (Phi) is 4.40. The van der Waals surface area contributed by atoms with Crippen LogP contribution < -0.4 is 16.5 Å². The average molecular weight is 323 g/mol. The number of nitrogens with two attached hydrogens (primary N) is 2. The Morgan fingerprint density at radius 1 is 1.14 bits per heavy atom. The van der Waals surface area contributed by atoms with E-state index in [1.807, 2.05) is 34.9 Å². The third-order valence-electron chi connectivity index (χ3n) is 2.75.